The van der Waals surface area contributed by atoms with Gasteiger partial charge in [0.25, 0.3) is 0 Å². The number of nitrogens with one attached hydrogen (secondary N) is 2. The maximum atomic E-state index is 12.6. The van der Waals surface area contributed by atoms with Gasteiger partial charge in [-0.05, 0) is 41.0 Å². The summed E-state index contributed by atoms with van der Waals surface area (Å²) in [4.78, 5) is 35.9. The summed E-state index contributed by atoms with van der Waals surface area (Å²) < 4.78 is 5.61. The molecule has 7 heteroatoms. The smallest absolute Gasteiger partial charge is 0.407 e. The van der Waals surface area contributed by atoms with Crippen molar-refractivity contribution in [3.63, 3.8) is 0 Å². The number of benzene rings is 2. The van der Waals surface area contributed by atoms with E-state index in [-0.39, 0.29) is 42.7 Å². The Morgan fingerprint density at radius 3 is 2.35 bits per heavy atom. The van der Waals surface area contributed by atoms with E-state index in [4.69, 9.17) is 9.84 Å². The van der Waals surface area contributed by atoms with Crippen LogP contribution in [0, 0.1) is 11.8 Å². The predicted octanol–water partition coefficient (Wildman–Crippen LogP) is 4.09. The summed E-state index contributed by atoms with van der Waals surface area (Å²) in [6, 6.07) is 16.1. The van der Waals surface area contributed by atoms with Crippen LogP contribution >= 0.6 is 0 Å². The zero-order chi connectivity index (χ0) is 24.1. The number of alkyl carbamates (subject to hydrolysis) is 1. The van der Waals surface area contributed by atoms with E-state index in [2.05, 4.69) is 34.9 Å². The summed E-state index contributed by atoms with van der Waals surface area (Å²) in [6.07, 6.45) is 4.34. The number of carbonyl (C=O) groups is 3. The number of carboxylic acid groups (broad SMARTS) is 1. The fraction of sp³-hybridized carbons (Fsp3) is 0.370. The Labute approximate surface area is 199 Å². The van der Waals surface area contributed by atoms with E-state index in [1.165, 1.54) is 11.1 Å². The van der Waals surface area contributed by atoms with Crippen molar-refractivity contribution >= 4 is 18.0 Å². The topological polar surface area (TPSA) is 105 Å². The molecule has 2 aromatic carbocycles. The molecule has 0 aliphatic heterocycles. The molecule has 3 N–H and O–H groups in total. The number of allylic oxidation sites excluding steroid dienone is 1. The molecule has 0 heterocycles. The largest absolute Gasteiger partial charge is 0.481 e. The first-order valence-electron chi connectivity index (χ1n) is 11.7. The van der Waals surface area contributed by atoms with Gasteiger partial charge in [-0.25, -0.2) is 4.79 Å². The van der Waals surface area contributed by atoms with Crippen LogP contribution in [-0.4, -0.2) is 42.3 Å². The van der Waals surface area contributed by atoms with Crippen molar-refractivity contribution in [2.45, 2.75) is 38.1 Å². The van der Waals surface area contributed by atoms with Crippen LogP contribution < -0.4 is 10.6 Å². The molecule has 4 rings (SSSR count). The lowest BCUT2D eigenvalue weighted by atomic mass is 9.90. The number of rotatable bonds is 8. The maximum Gasteiger partial charge on any atom is 0.407 e. The molecule has 2 amide bonds. The van der Waals surface area contributed by atoms with Crippen LogP contribution in [0.5, 0.6) is 0 Å². The van der Waals surface area contributed by atoms with E-state index in [1.54, 1.807) is 6.92 Å². The average molecular weight is 463 g/mol. The van der Waals surface area contributed by atoms with E-state index >= 15 is 0 Å². The number of aliphatic carboxylic acids is 1. The molecule has 2 aliphatic rings. The van der Waals surface area contributed by atoms with E-state index in [1.807, 2.05) is 36.4 Å². The van der Waals surface area contributed by atoms with Crippen LogP contribution in [0.15, 0.2) is 60.7 Å². The monoisotopic (exact) mass is 462 g/mol. The Kier molecular flexibility index (Phi) is 7.30. The normalized spacial score (nSPS) is 19.6. The fourth-order valence-electron chi connectivity index (χ4n) is 4.79. The van der Waals surface area contributed by atoms with Gasteiger partial charge in [0.1, 0.15) is 6.61 Å². The number of hydrogen-bond donors (Lipinski definition) is 3. The molecule has 2 aromatic rings. The number of carbonyl (C=O) groups excluding carboxylic acids is 2. The Hall–Kier alpha value is -3.61. The Bertz CT molecular complexity index is 1050. The third-order valence-corrected chi connectivity index (χ3v) is 6.49. The van der Waals surface area contributed by atoms with Crippen molar-refractivity contribution in [2.75, 3.05) is 13.2 Å². The van der Waals surface area contributed by atoms with Crippen LogP contribution in [0.2, 0.25) is 0 Å². The van der Waals surface area contributed by atoms with Crippen LogP contribution in [-0.2, 0) is 14.3 Å². The number of hydrogen-bond acceptors (Lipinski definition) is 4. The maximum absolute atomic E-state index is 12.6. The van der Waals surface area contributed by atoms with Gasteiger partial charge < -0.3 is 20.5 Å². The zero-order valence-corrected chi connectivity index (χ0v) is 19.2. The van der Waals surface area contributed by atoms with Gasteiger partial charge in [-0.1, -0.05) is 67.6 Å². The Morgan fingerprint density at radius 2 is 1.71 bits per heavy atom. The molecule has 0 bridgehead atoms. The van der Waals surface area contributed by atoms with Crippen LogP contribution in [0.4, 0.5) is 4.79 Å². The first-order valence-corrected chi connectivity index (χ1v) is 11.7. The predicted molar refractivity (Wildman–Crippen MR) is 128 cm³/mol. The van der Waals surface area contributed by atoms with E-state index in [0.29, 0.717) is 19.4 Å². The van der Waals surface area contributed by atoms with Gasteiger partial charge in [0.2, 0.25) is 5.91 Å². The minimum Gasteiger partial charge on any atom is -0.481 e. The molecule has 2 aliphatic carbocycles. The second kappa shape index (κ2) is 10.5. The summed E-state index contributed by atoms with van der Waals surface area (Å²) in [6.45, 7) is 2.34. The highest BCUT2D eigenvalue weighted by Gasteiger charge is 2.30. The van der Waals surface area contributed by atoms with Gasteiger partial charge in [-0.3, -0.25) is 9.59 Å². The van der Waals surface area contributed by atoms with Crippen LogP contribution in [0.3, 0.4) is 0 Å². The molecular formula is C27H30N2O5. The summed E-state index contributed by atoms with van der Waals surface area (Å²) in [5.41, 5.74) is 4.66. The van der Waals surface area contributed by atoms with Gasteiger partial charge in [0.05, 0.1) is 6.04 Å². The summed E-state index contributed by atoms with van der Waals surface area (Å²) in [7, 11) is 0. The Morgan fingerprint density at radius 1 is 1.06 bits per heavy atom. The van der Waals surface area contributed by atoms with Crippen LogP contribution in [0.1, 0.15) is 43.2 Å². The van der Waals surface area contributed by atoms with E-state index in [0.717, 1.165) is 11.1 Å². The molecule has 34 heavy (non-hydrogen) atoms. The first kappa shape index (κ1) is 23.5. The van der Waals surface area contributed by atoms with Crippen molar-refractivity contribution in [3.8, 4) is 11.1 Å². The molecule has 0 fully saturated rings. The van der Waals surface area contributed by atoms with E-state index < -0.39 is 12.1 Å². The standard InChI is InChI=1S/C27H30N2O5/c1-17(13-25(30)31)15-28-26(32)18-7-6-8-19(14-18)29-27(33)34-16-24-22-11-4-2-9-20(22)21-10-3-5-12-23(21)24/h2-6,8-12,17-19,24H,7,13-16H2,1H3,(H,28,32)(H,29,33)(H,30,31)/t17?,18-,19-/m1/s1. The van der Waals surface area contributed by atoms with Gasteiger partial charge in [0, 0.05) is 24.8 Å². The minimum absolute atomic E-state index is 0.00799. The molecule has 3 atom stereocenters. The lowest BCUT2D eigenvalue weighted by molar-refractivity contribution is -0.138. The van der Waals surface area contributed by atoms with E-state index in [9.17, 15) is 14.4 Å². The van der Waals surface area contributed by atoms with Crippen molar-refractivity contribution in [1.82, 2.24) is 10.6 Å². The Balaban J connectivity index is 1.28. The fourth-order valence-corrected chi connectivity index (χ4v) is 4.79. The average Bonchev–Trinajstić information content (AvgIpc) is 3.15. The third-order valence-electron chi connectivity index (χ3n) is 6.49. The molecule has 0 aromatic heterocycles. The highest BCUT2D eigenvalue weighted by atomic mass is 16.5. The molecule has 0 saturated heterocycles. The SMILES string of the molecule is CC(CNC(=O)[C@@H]1CC=C[C@@H](NC(=O)OCC2c3ccccc3-c3ccccc32)C1)CC(=O)O. The number of amides is 2. The molecule has 0 spiro atoms. The molecule has 1 unspecified atom stereocenters. The van der Waals surface area contributed by atoms with Gasteiger partial charge in [0.15, 0.2) is 0 Å². The highest BCUT2D eigenvalue weighted by molar-refractivity contribution is 5.80. The lowest BCUT2D eigenvalue weighted by Gasteiger charge is -2.25. The van der Waals surface area contributed by atoms with Gasteiger partial charge >= 0.3 is 12.1 Å². The molecule has 7 nitrogen and oxygen atoms in total. The zero-order valence-electron chi connectivity index (χ0n) is 19.2. The van der Waals surface area contributed by atoms with Crippen LogP contribution in [0.25, 0.3) is 11.1 Å². The summed E-state index contributed by atoms with van der Waals surface area (Å²) >= 11 is 0. The number of fused-ring (bicyclic) bond motifs is 3. The first-order chi connectivity index (χ1) is 16.4. The van der Waals surface area contributed by atoms with Crippen molar-refractivity contribution in [3.05, 3.63) is 71.8 Å². The second-order valence-corrected chi connectivity index (χ2v) is 9.12. The number of carboxylic acids is 1. The highest BCUT2D eigenvalue weighted by Crippen LogP contribution is 2.44. The molecule has 178 valence electrons. The summed E-state index contributed by atoms with van der Waals surface area (Å²) in [5, 5.41) is 14.5. The molecule has 0 saturated carbocycles. The lowest BCUT2D eigenvalue weighted by Crippen LogP contribution is -2.41. The van der Waals surface area contributed by atoms with Gasteiger partial charge in [-0.15, -0.1) is 0 Å². The van der Waals surface area contributed by atoms with Crippen molar-refractivity contribution < 1.29 is 24.2 Å². The quantitative estimate of drug-likeness (QED) is 0.513. The second-order valence-electron chi connectivity index (χ2n) is 9.12. The number of ether oxygens (including phenoxy) is 1. The molecular weight excluding hydrogens is 432 g/mol. The summed E-state index contributed by atoms with van der Waals surface area (Å²) in [5.74, 6) is -1.43. The van der Waals surface area contributed by atoms with Crippen molar-refractivity contribution in [1.29, 1.82) is 0 Å². The van der Waals surface area contributed by atoms with Gasteiger partial charge in [-0.2, -0.15) is 0 Å². The third kappa shape index (κ3) is 5.47. The minimum atomic E-state index is -0.880. The molecule has 0 radical (unpaired) electrons. The van der Waals surface area contributed by atoms with Crippen molar-refractivity contribution in [2.24, 2.45) is 11.8 Å².